The summed E-state index contributed by atoms with van der Waals surface area (Å²) in [6, 6.07) is 1.16. The van der Waals surface area contributed by atoms with Crippen molar-refractivity contribution in [3.63, 3.8) is 0 Å². The van der Waals surface area contributed by atoms with Gasteiger partial charge in [0.05, 0.1) is 4.47 Å². The summed E-state index contributed by atoms with van der Waals surface area (Å²) >= 11 is 4.85. The first-order valence-electron chi connectivity index (χ1n) is 2.92. The van der Waals surface area contributed by atoms with Gasteiger partial charge >= 0.3 is 0 Å². The number of halogens is 4. The van der Waals surface area contributed by atoms with Gasteiger partial charge in [-0.2, -0.15) is 0 Å². The number of anilines is 1. The van der Waals surface area contributed by atoms with E-state index in [0.717, 1.165) is 6.07 Å². The van der Waals surface area contributed by atoms with Gasteiger partial charge in [-0.1, -0.05) is 0 Å². The standard InChI is InChI=1S/C6H4BrF2IN2/c7-4-2(5(8)9)1-3(11)12-6(4)10/h1,5H,(H2,11,12). The SMILES string of the molecule is Nc1cc(C(F)F)c(Br)c(I)n1. The lowest BCUT2D eigenvalue weighted by molar-refractivity contribution is 0.150. The summed E-state index contributed by atoms with van der Waals surface area (Å²) in [4.78, 5) is 3.80. The van der Waals surface area contributed by atoms with Crippen LogP contribution in [0.15, 0.2) is 10.5 Å². The first-order chi connectivity index (χ1) is 5.52. The van der Waals surface area contributed by atoms with E-state index in [1.807, 2.05) is 22.6 Å². The van der Waals surface area contributed by atoms with Gasteiger partial charge in [0.1, 0.15) is 9.52 Å². The molecule has 1 heterocycles. The molecule has 1 aromatic rings. The van der Waals surface area contributed by atoms with Crippen LogP contribution in [0, 0.1) is 3.70 Å². The van der Waals surface area contributed by atoms with E-state index in [0.29, 0.717) is 8.17 Å². The molecule has 0 atom stereocenters. The van der Waals surface area contributed by atoms with Crippen molar-refractivity contribution in [3.8, 4) is 0 Å². The Morgan fingerprint density at radius 2 is 2.17 bits per heavy atom. The molecule has 0 aromatic carbocycles. The van der Waals surface area contributed by atoms with Crippen LogP contribution in [0.2, 0.25) is 0 Å². The van der Waals surface area contributed by atoms with Gasteiger partial charge in [0.25, 0.3) is 6.43 Å². The van der Waals surface area contributed by atoms with Gasteiger partial charge in [-0.15, -0.1) is 0 Å². The summed E-state index contributed by atoms with van der Waals surface area (Å²) in [5.74, 6) is 0.109. The predicted octanol–water partition coefficient (Wildman–Crippen LogP) is 2.97. The molecule has 0 saturated carbocycles. The molecule has 0 radical (unpaired) electrons. The molecule has 0 saturated heterocycles. The number of nitrogen functional groups attached to an aromatic ring is 1. The second kappa shape index (κ2) is 3.82. The van der Waals surface area contributed by atoms with Crippen LogP contribution in [0.1, 0.15) is 12.0 Å². The fraction of sp³-hybridized carbons (Fsp3) is 0.167. The minimum Gasteiger partial charge on any atom is -0.384 e. The number of nitrogens with two attached hydrogens (primary N) is 1. The Hall–Kier alpha value is 0.0200. The third-order valence-corrected chi connectivity index (χ3v) is 3.56. The number of nitrogens with zero attached hydrogens (tertiary/aromatic N) is 1. The Balaban J connectivity index is 3.28. The molecule has 0 spiro atoms. The van der Waals surface area contributed by atoms with E-state index in [1.165, 1.54) is 0 Å². The van der Waals surface area contributed by atoms with Crippen molar-refractivity contribution in [1.29, 1.82) is 0 Å². The minimum absolute atomic E-state index is 0.109. The van der Waals surface area contributed by atoms with Crippen LogP contribution in [-0.2, 0) is 0 Å². The summed E-state index contributed by atoms with van der Waals surface area (Å²) in [5, 5.41) is 0. The van der Waals surface area contributed by atoms with Crippen LogP contribution in [0.3, 0.4) is 0 Å². The summed E-state index contributed by atoms with van der Waals surface area (Å²) < 4.78 is 25.3. The number of hydrogen-bond acceptors (Lipinski definition) is 2. The zero-order valence-electron chi connectivity index (χ0n) is 5.69. The third-order valence-electron chi connectivity index (χ3n) is 1.20. The quantitative estimate of drug-likeness (QED) is 0.626. The maximum atomic E-state index is 12.3. The van der Waals surface area contributed by atoms with Crippen molar-refractivity contribution in [1.82, 2.24) is 4.98 Å². The second-order valence-corrected chi connectivity index (χ2v) is 3.86. The monoisotopic (exact) mass is 348 g/mol. The van der Waals surface area contributed by atoms with Gasteiger partial charge in [0.2, 0.25) is 0 Å². The van der Waals surface area contributed by atoms with Gasteiger partial charge in [-0.25, -0.2) is 13.8 Å². The van der Waals surface area contributed by atoms with Crippen LogP contribution in [0.25, 0.3) is 0 Å². The summed E-state index contributed by atoms with van der Waals surface area (Å²) in [7, 11) is 0. The average molecular weight is 349 g/mol. The normalized spacial score (nSPS) is 10.8. The van der Waals surface area contributed by atoms with Crippen LogP contribution >= 0.6 is 38.5 Å². The molecule has 0 aliphatic rings. The molecule has 0 amide bonds. The molecular formula is C6H4BrF2IN2. The molecule has 1 aromatic heterocycles. The minimum atomic E-state index is -2.53. The van der Waals surface area contributed by atoms with Gasteiger partial charge < -0.3 is 5.73 Å². The highest BCUT2D eigenvalue weighted by Gasteiger charge is 2.15. The van der Waals surface area contributed by atoms with Crippen LogP contribution in [-0.4, -0.2) is 4.98 Å². The second-order valence-electron chi connectivity index (χ2n) is 2.04. The zero-order chi connectivity index (χ0) is 9.30. The van der Waals surface area contributed by atoms with Crippen molar-refractivity contribution in [2.75, 3.05) is 5.73 Å². The molecule has 12 heavy (non-hydrogen) atoms. The third kappa shape index (κ3) is 2.03. The fourth-order valence-electron chi connectivity index (χ4n) is 0.695. The first kappa shape index (κ1) is 10.1. The highest BCUT2D eigenvalue weighted by Crippen LogP contribution is 2.31. The van der Waals surface area contributed by atoms with Crippen LogP contribution < -0.4 is 5.73 Å². The van der Waals surface area contributed by atoms with Crippen molar-refractivity contribution in [3.05, 3.63) is 19.8 Å². The van der Waals surface area contributed by atoms with Crippen LogP contribution in [0.4, 0.5) is 14.6 Å². The fourth-order valence-corrected chi connectivity index (χ4v) is 1.66. The Labute approximate surface area is 89.8 Å². The molecule has 0 unspecified atom stereocenters. The molecule has 2 N–H and O–H groups in total. The van der Waals surface area contributed by atoms with Gasteiger partial charge in [-0.05, 0) is 44.6 Å². The van der Waals surface area contributed by atoms with Crippen molar-refractivity contribution < 1.29 is 8.78 Å². The van der Waals surface area contributed by atoms with E-state index in [2.05, 4.69) is 20.9 Å². The highest BCUT2D eigenvalue weighted by molar-refractivity contribution is 14.1. The largest absolute Gasteiger partial charge is 0.384 e. The smallest absolute Gasteiger partial charge is 0.265 e. The van der Waals surface area contributed by atoms with E-state index >= 15 is 0 Å². The van der Waals surface area contributed by atoms with E-state index < -0.39 is 6.43 Å². The predicted molar refractivity (Wildman–Crippen MR) is 54.0 cm³/mol. The van der Waals surface area contributed by atoms with Gasteiger partial charge in [0, 0.05) is 5.56 Å². The van der Waals surface area contributed by atoms with E-state index in [-0.39, 0.29) is 11.4 Å². The number of pyridine rings is 1. The average Bonchev–Trinajstić information content (AvgIpc) is 1.96. The molecule has 0 bridgehead atoms. The highest BCUT2D eigenvalue weighted by atomic mass is 127. The molecule has 0 aliphatic carbocycles. The Morgan fingerprint density at radius 1 is 1.58 bits per heavy atom. The van der Waals surface area contributed by atoms with E-state index in [1.54, 1.807) is 0 Å². The maximum absolute atomic E-state index is 12.3. The summed E-state index contributed by atoms with van der Waals surface area (Å²) in [6.07, 6.45) is -2.53. The number of alkyl halides is 2. The topological polar surface area (TPSA) is 38.9 Å². The van der Waals surface area contributed by atoms with Gasteiger partial charge in [0.15, 0.2) is 0 Å². The molecule has 6 heteroatoms. The van der Waals surface area contributed by atoms with Crippen LogP contribution in [0.5, 0.6) is 0 Å². The number of rotatable bonds is 1. The van der Waals surface area contributed by atoms with E-state index in [4.69, 9.17) is 5.73 Å². The Morgan fingerprint density at radius 3 is 2.67 bits per heavy atom. The maximum Gasteiger partial charge on any atom is 0.265 e. The molecule has 0 aliphatic heterocycles. The molecule has 66 valence electrons. The Bertz CT molecular complexity index is 306. The number of hydrogen-bond donors (Lipinski definition) is 1. The van der Waals surface area contributed by atoms with Crippen molar-refractivity contribution in [2.45, 2.75) is 6.43 Å². The lowest BCUT2D eigenvalue weighted by Gasteiger charge is -2.05. The summed E-state index contributed by atoms with van der Waals surface area (Å²) in [5.41, 5.74) is 5.18. The zero-order valence-corrected chi connectivity index (χ0v) is 9.43. The van der Waals surface area contributed by atoms with Crippen molar-refractivity contribution >= 4 is 44.3 Å². The van der Waals surface area contributed by atoms with E-state index in [9.17, 15) is 8.78 Å². The van der Waals surface area contributed by atoms with Crippen molar-refractivity contribution in [2.24, 2.45) is 0 Å². The lowest BCUT2D eigenvalue weighted by atomic mass is 10.3. The number of aromatic nitrogens is 1. The molecular weight excluding hydrogens is 345 g/mol. The Kier molecular flexibility index (Phi) is 3.22. The summed E-state index contributed by atoms with van der Waals surface area (Å²) in [6.45, 7) is 0. The first-order valence-corrected chi connectivity index (χ1v) is 4.79. The molecule has 0 fully saturated rings. The molecule has 2 nitrogen and oxygen atoms in total. The molecule has 1 rings (SSSR count). The van der Waals surface area contributed by atoms with Gasteiger partial charge in [-0.3, -0.25) is 0 Å². The lowest BCUT2D eigenvalue weighted by Crippen LogP contribution is -1.98.